The molecule has 0 unspecified atom stereocenters. The second-order valence-electron chi connectivity index (χ2n) is 3.35. The van der Waals surface area contributed by atoms with Crippen molar-refractivity contribution in [1.82, 2.24) is 9.36 Å². The van der Waals surface area contributed by atoms with E-state index >= 15 is 0 Å². The third-order valence-electron chi connectivity index (χ3n) is 2.15. The molecule has 1 aromatic carbocycles. The third kappa shape index (κ3) is 2.07. The van der Waals surface area contributed by atoms with E-state index in [0.29, 0.717) is 5.95 Å². The number of aryl methyl sites for hydroxylation is 2. The van der Waals surface area contributed by atoms with E-state index in [1.807, 2.05) is 6.07 Å². The van der Waals surface area contributed by atoms with Crippen LogP contribution < -0.4 is 11.1 Å². The lowest BCUT2D eigenvalue weighted by atomic mass is 10.1. The largest absolute Gasteiger partial charge is 0.367 e. The van der Waals surface area contributed by atoms with Gasteiger partial charge in [0.15, 0.2) is 0 Å². The first-order chi connectivity index (χ1) is 7.16. The van der Waals surface area contributed by atoms with Crippen molar-refractivity contribution >= 4 is 28.3 Å². The van der Waals surface area contributed by atoms with E-state index in [0.717, 1.165) is 10.8 Å². The standard InChI is InChI=1S/C10H12N4S/c1-6-4-3-5-7(2)8(6)12-10-13-9(11)14-15-10/h3-5H,1-2H3,(H3,11,12,13,14). The number of hydrogen-bond acceptors (Lipinski definition) is 5. The van der Waals surface area contributed by atoms with Crippen LogP contribution >= 0.6 is 11.5 Å². The van der Waals surface area contributed by atoms with Crippen molar-refractivity contribution in [3.05, 3.63) is 29.3 Å². The van der Waals surface area contributed by atoms with E-state index in [-0.39, 0.29) is 0 Å². The van der Waals surface area contributed by atoms with Gasteiger partial charge < -0.3 is 11.1 Å². The van der Waals surface area contributed by atoms with Crippen LogP contribution in [0.3, 0.4) is 0 Å². The average Bonchev–Trinajstić information content (AvgIpc) is 2.58. The van der Waals surface area contributed by atoms with Crippen molar-refractivity contribution in [3.8, 4) is 0 Å². The van der Waals surface area contributed by atoms with E-state index in [4.69, 9.17) is 5.73 Å². The quantitative estimate of drug-likeness (QED) is 0.816. The molecule has 0 aliphatic rings. The maximum Gasteiger partial charge on any atom is 0.233 e. The van der Waals surface area contributed by atoms with E-state index in [2.05, 4.69) is 40.7 Å². The minimum Gasteiger partial charge on any atom is -0.367 e. The van der Waals surface area contributed by atoms with Gasteiger partial charge in [-0.05, 0) is 25.0 Å². The van der Waals surface area contributed by atoms with Crippen LogP contribution in [0.5, 0.6) is 0 Å². The number of nitrogens with zero attached hydrogens (tertiary/aromatic N) is 2. The number of aromatic nitrogens is 2. The fourth-order valence-corrected chi connectivity index (χ4v) is 1.91. The number of nitrogens with one attached hydrogen (secondary N) is 1. The molecule has 0 spiro atoms. The molecule has 0 amide bonds. The molecule has 1 aromatic heterocycles. The Morgan fingerprint density at radius 1 is 1.27 bits per heavy atom. The van der Waals surface area contributed by atoms with Gasteiger partial charge in [-0.1, -0.05) is 18.2 Å². The molecule has 0 saturated carbocycles. The summed E-state index contributed by atoms with van der Waals surface area (Å²) in [4.78, 5) is 4.06. The molecule has 15 heavy (non-hydrogen) atoms. The number of para-hydroxylation sites is 1. The predicted molar refractivity (Wildman–Crippen MR) is 63.5 cm³/mol. The van der Waals surface area contributed by atoms with Gasteiger partial charge in [-0.25, -0.2) is 0 Å². The number of anilines is 3. The van der Waals surface area contributed by atoms with Gasteiger partial charge >= 0.3 is 0 Å². The van der Waals surface area contributed by atoms with Crippen molar-refractivity contribution < 1.29 is 0 Å². The van der Waals surface area contributed by atoms with Crippen LogP contribution in [-0.2, 0) is 0 Å². The summed E-state index contributed by atoms with van der Waals surface area (Å²) in [6, 6.07) is 6.14. The van der Waals surface area contributed by atoms with Gasteiger partial charge in [0.05, 0.1) is 0 Å². The van der Waals surface area contributed by atoms with E-state index in [9.17, 15) is 0 Å². The Balaban J connectivity index is 2.31. The monoisotopic (exact) mass is 220 g/mol. The number of nitrogens with two attached hydrogens (primary N) is 1. The van der Waals surface area contributed by atoms with Crippen LogP contribution in [0.1, 0.15) is 11.1 Å². The van der Waals surface area contributed by atoms with Gasteiger partial charge in [-0.3, -0.25) is 0 Å². The summed E-state index contributed by atoms with van der Waals surface area (Å²) in [6.07, 6.45) is 0. The Hall–Kier alpha value is -1.62. The van der Waals surface area contributed by atoms with Crippen molar-refractivity contribution in [2.75, 3.05) is 11.1 Å². The van der Waals surface area contributed by atoms with Crippen molar-refractivity contribution in [2.24, 2.45) is 0 Å². The van der Waals surface area contributed by atoms with Crippen molar-refractivity contribution in [2.45, 2.75) is 13.8 Å². The SMILES string of the molecule is Cc1cccc(C)c1Nc1nc(N)ns1. The average molecular weight is 220 g/mol. The first-order valence-electron chi connectivity index (χ1n) is 4.59. The summed E-state index contributed by atoms with van der Waals surface area (Å²) in [5.74, 6) is 0.314. The van der Waals surface area contributed by atoms with Crippen molar-refractivity contribution in [1.29, 1.82) is 0 Å². The Morgan fingerprint density at radius 2 is 1.93 bits per heavy atom. The van der Waals surface area contributed by atoms with Crippen LogP contribution in [0.4, 0.5) is 16.8 Å². The van der Waals surface area contributed by atoms with E-state index < -0.39 is 0 Å². The Labute approximate surface area is 92.3 Å². The van der Waals surface area contributed by atoms with Crippen LogP contribution in [0, 0.1) is 13.8 Å². The highest BCUT2D eigenvalue weighted by Gasteiger charge is 2.05. The molecule has 2 rings (SSSR count). The molecule has 78 valence electrons. The molecule has 0 radical (unpaired) electrons. The van der Waals surface area contributed by atoms with Gasteiger partial charge in [0.2, 0.25) is 11.1 Å². The lowest BCUT2D eigenvalue weighted by Crippen LogP contribution is -1.95. The molecule has 0 aliphatic heterocycles. The van der Waals surface area contributed by atoms with E-state index in [1.165, 1.54) is 22.7 Å². The lowest BCUT2D eigenvalue weighted by molar-refractivity contribution is 1.30. The van der Waals surface area contributed by atoms with E-state index in [1.54, 1.807) is 0 Å². The molecule has 0 atom stereocenters. The highest BCUT2D eigenvalue weighted by molar-refractivity contribution is 7.10. The highest BCUT2D eigenvalue weighted by Crippen LogP contribution is 2.25. The first-order valence-corrected chi connectivity index (χ1v) is 5.36. The zero-order valence-electron chi connectivity index (χ0n) is 8.61. The fraction of sp³-hybridized carbons (Fsp3) is 0.200. The predicted octanol–water partition coefficient (Wildman–Crippen LogP) is 2.48. The molecule has 0 aliphatic carbocycles. The zero-order valence-corrected chi connectivity index (χ0v) is 9.43. The summed E-state index contributed by atoms with van der Waals surface area (Å²) in [5.41, 5.74) is 8.90. The van der Waals surface area contributed by atoms with Crippen LogP contribution in [0.25, 0.3) is 0 Å². The summed E-state index contributed by atoms with van der Waals surface area (Å²) < 4.78 is 3.92. The fourth-order valence-electron chi connectivity index (χ4n) is 1.40. The second-order valence-corrected chi connectivity index (χ2v) is 4.10. The van der Waals surface area contributed by atoms with Crippen LogP contribution in [0.2, 0.25) is 0 Å². The molecule has 4 nitrogen and oxygen atoms in total. The summed E-state index contributed by atoms with van der Waals surface area (Å²) in [5, 5.41) is 3.95. The topological polar surface area (TPSA) is 63.8 Å². The number of rotatable bonds is 2. The third-order valence-corrected chi connectivity index (χ3v) is 2.80. The van der Waals surface area contributed by atoms with Gasteiger partial charge in [0.1, 0.15) is 0 Å². The summed E-state index contributed by atoms with van der Waals surface area (Å²) in [7, 11) is 0. The van der Waals surface area contributed by atoms with Gasteiger partial charge in [-0.15, -0.1) is 0 Å². The van der Waals surface area contributed by atoms with Gasteiger partial charge in [0, 0.05) is 17.2 Å². The normalized spacial score (nSPS) is 10.3. The minimum absolute atomic E-state index is 0.314. The zero-order chi connectivity index (χ0) is 10.8. The maximum absolute atomic E-state index is 5.46. The Bertz CT molecular complexity index is 458. The molecular weight excluding hydrogens is 208 g/mol. The molecule has 0 saturated heterocycles. The molecular formula is C10H12N4S. The number of benzene rings is 1. The molecule has 0 fully saturated rings. The first kappa shape index (κ1) is 9.92. The van der Waals surface area contributed by atoms with Crippen LogP contribution in [0.15, 0.2) is 18.2 Å². The maximum atomic E-state index is 5.46. The minimum atomic E-state index is 0.314. The molecule has 1 heterocycles. The molecule has 0 bridgehead atoms. The summed E-state index contributed by atoms with van der Waals surface area (Å²) in [6.45, 7) is 4.11. The Kier molecular flexibility index (Phi) is 2.55. The summed E-state index contributed by atoms with van der Waals surface area (Å²) >= 11 is 1.26. The number of hydrogen-bond donors (Lipinski definition) is 2. The van der Waals surface area contributed by atoms with Crippen molar-refractivity contribution in [3.63, 3.8) is 0 Å². The lowest BCUT2D eigenvalue weighted by Gasteiger charge is -2.09. The Morgan fingerprint density at radius 3 is 2.47 bits per heavy atom. The number of nitrogen functional groups attached to an aromatic ring is 1. The smallest absolute Gasteiger partial charge is 0.233 e. The van der Waals surface area contributed by atoms with Gasteiger partial charge in [0.25, 0.3) is 0 Å². The van der Waals surface area contributed by atoms with Gasteiger partial charge in [-0.2, -0.15) is 9.36 Å². The molecule has 3 N–H and O–H groups in total. The second kappa shape index (κ2) is 3.86. The highest BCUT2D eigenvalue weighted by atomic mass is 32.1. The molecule has 2 aromatic rings. The van der Waals surface area contributed by atoms with Crippen LogP contribution in [-0.4, -0.2) is 9.36 Å². The molecule has 5 heteroatoms.